The Morgan fingerprint density at radius 2 is 1.86 bits per heavy atom. The van der Waals surface area contributed by atoms with Gasteiger partial charge in [0.05, 0.1) is 4.53 Å². The summed E-state index contributed by atoms with van der Waals surface area (Å²) in [5.74, 6) is 0.522. The van der Waals surface area contributed by atoms with Gasteiger partial charge in [0.15, 0.2) is 5.82 Å². The molecule has 28 heavy (non-hydrogen) atoms. The summed E-state index contributed by atoms with van der Waals surface area (Å²) in [6.45, 7) is 1.34. The van der Waals surface area contributed by atoms with Gasteiger partial charge in [-0.2, -0.15) is 9.50 Å². The summed E-state index contributed by atoms with van der Waals surface area (Å²) in [5.41, 5.74) is 1.55. The standard InChI is InChI=1S/C21H15N3O3S/c1-14(25)27-17-9-5-8-16(12-17)13-18-20(26)24-21(28-18)22-19(23-24)11-10-15-6-3-2-4-7-15/h2-13H,1H3. The van der Waals surface area contributed by atoms with Gasteiger partial charge < -0.3 is 4.74 Å². The van der Waals surface area contributed by atoms with Crippen LogP contribution in [-0.4, -0.2) is 20.6 Å². The van der Waals surface area contributed by atoms with Crippen molar-refractivity contribution in [3.8, 4) is 5.75 Å². The van der Waals surface area contributed by atoms with Crippen molar-refractivity contribution >= 4 is 40.5 Å². The van der Waals surface area contributed by atoms with E-state index in [2.05, 4.69) is 10.1 Å². The van der Waals surface area contributed by atoms with E-state index in [1.165, 1.54) is 22.8 Å². The minimum atomic E-state index is -0.392. The molecule has 0 N–H and O–H groups in total. The van der Waals surface area contributed by atoms with Gasteiger partial charge in [-0.15, -0.1) is 5.10 Å². The first-order valence-electron chi connectivity index (χ1n) is 8.51. The van der Waals surface area contributed by atoms with E-state index in [1.807, 2.05) is 42.5 Å². The van der Waals surface area contributed by atoms with Crippen LogP contribution in [0.1, 0.15) is 23.9 Å². The van der Waals surface area contributed by atoms with Gasteiger partial charge in [-0.3, -0.25) is 9.59 Å². The second-order valence-electron chi connectivity index (χ2n) is 5.99. The number of hydrogen-bond acceptors (Lipinski definition) is 6. The predicted molar refractivity (Wildman–Crippen MR) is 109 cm³/mol. The number of hydrogen-bond donors (Lipinski definition) is 0. The number of benzene rings is 2. The highest BCUT2D eigenvalue weighted by Crippen LogP contribution is 2.14. The van der Waals surface area contributed by atoms with Gasteiger partial charge in [0.2, 0.25) is 4.96 Å². The van der Waals surface area contributed by atoms with E-state index in [4.69, 9.17) is 4.74 Å². The first kappa shape index (κ1) is 17.8. The number of nitrogens with zero attached hydrogens (tertiary/aromatic N) is 3. The molecule has 0 aliphatic carbocycles. The lowest BCUT2D eigenvalue weighted by molar-refractivity contribution is -0.131. The maximum atomic E-state index is 12.6. The van der Waals surface area contributed by atoms with Crippen LogP contribution in [-0.2, 0) is 4.79 Å². The number of aromatic nitrogens is 3. The van der Waals surface area contributed by atoms with E-state index in [0.29, 0.717) is 21.1 Å². The van der Waals surface area contributed by atoms with Gasteiger partial charge in [0.1, 0.15) is 5.75 Å². The van der Waals surface area contributed by atoms with Gasteiger partial charge >= 0.3 is 5.97 Å². The number of carbonyl (C=O) groups excluding carboxylic acids is 1. The van der Waals surface area contributed by atoms with Crippen LogP contribution < -0.4 is 14.8 Å². The van der Waals surface area contributed by atoms with E-state index in [1.54, 1.807) is 30.4 Å². The van der Waals surface area contributed by atoms with Crippen molar-refractivity contribution in [1.82, 2.24) is 14.6 Å². The minimum absolute atomic E-state index is 0.232. The number of ether oxygens (including phenoxy) is 1. The van der Waals surface area contributed by atoms with E-state index in [-0.39, 0.29) is 5.56 Å². The second kappa shape index (κ2) is 7.58. The quantitative estimate of drug-likeness (QED) is 0.396. The molecule has 6 nitrogen and oxygen atoms in total. The van der Waals surface area contributed by atoms with E-state index < -0.39 is 5.97 Å². The maximum absolute atomic E-state index is 12.6. The molecule has 0 atom stereocenters. The van der Waals surface area contributed by atoms with Crippen LogP contribution in [0.4, 0.5) is 0 Å². The third-order valence-corrected chi connectivity index (χ3v) is 4.80. The lowest BCUT2D eigenvalue weighted by Gasteiger charge is -2.01. The molecule has 7 heteroatoms. The molecule has 0 aliphatic heterocycles. The summed E-state index contributed by atoms with van der Waals surface area (Å²) in [7, 11) is 0. The highest BCUT2D eigenvalue weighted by atomic mass is 32.1. The largest absolute Gasteiger partial charge is 0.427 e. The Labute approximate surface area is 164 Å². The SMILES string of the molecule is CC(=O)Oc1cccc(C=c2sc3nc(C=Cc4ccccc4)nn3c2=O)c1. The number of esters is 1. The molecule has 2 aromatic carbocycles. The number of carbonyl (C=O) groups is 1. The molecule has 4 aromatic rings. The monoisotopic (exact) mass is 389 g/mol. The van der Waals surface area contributed by atoms with Crippen LogP contribution in [0.3, 0.4) is 0 Å². The summed E-state index contributed by atoms with van der Waals surface area (Å²) >= 11 is 1.26. The third kappa shape index (κ3) is 3.89. The van der Waals surface area contributed by atoms with E-state index >= 15 is 0 Å². The minimum Gasteiger partial charge on any atom is -0.427 e. The smallest absolute Gasteiger partial charge is 0.308 e. The topological polar surface area (TPSA) is 73.6 Å². The van der Waals surface area contributed by atoms with Crippen LogP contribution in [0, 0.1) is 0 Å². The summed E-state index contributed by atoms with van der Waals surface area (Å²) in [6.07, 6.45) is 5.41. The summed E-state index contributed by atoms with van der Waals surface area (Å²) in [6, 6.07) is 16.8. The Bertz CT molecular complexity index is 1290. The lowest BCUT2D eigenvalue weighted by Crippen LogP contribution is -2.23. The number of fused-ring (bicyclic) bond motifs is 1. The van der Waals surface area contributed by atoms with Crippen molar-refractivity contribution in [2.75, 3.05) is 0 Å². The number of rotatable bonds is 4. The maximum Gasteiger partial charge on any atom is 0.308 e. The van der Waals surface area contributed by atoms with Crippen LogP contribution in [0.5, 0.6) is 5.75 Å². The third-order valence-electron chi connectivity index (χ3n) is 3.84. The molecule has 0 fully saturated rings. The van der Waals surface area contributed by atoms with Crippen molar-refractivity contribution in [2.45, 2.75) is 6.92 Å². The highest BCUT2D eigenvalue weighted by molar-refractivity contribution is 7.15. The summed E-state index contributed by atoms with van der Waals surface area (Å²) < 4.78 is 6.89. The first-order chi connectivity index (χ1) is 13.6. The molecule has 0 bridgehead atoms. The molecule has 138 valence electrons. The molecule has 0 spiro atoms. The van der Waals surface area contributed by atoms with Gasteiger partial charge in [-0.1, -0.05) is 59.9 Å². The fourth-order valence-electron chi connectivity index (χ4n) is 2.64. The van der Waals surface area contributed by atoms with Gasteiger partial charge in [-0.25, -0.2) is 0 Å². The molecular formula is C21H15N3O3S. The molecule has 0 saturated carbocycles. The molecule has 0 radical (unpaired) electrons. The normalized spacial score (nSPS) is 12.1. The lowest BCUT2D eigenvalue weighted by atomic mass is 10.2. The predicted octanol–water partition coefficient (Wildman–Crippen LogP) is 2.79. The van der Waals surface area contributed by atoms with Gasteiger partial charge in [0, 0.05) is 6.92 Å². The van der Waals surface area contributed by atoms with Crippen molar-refractivity contribution in [3.05, 3.63) is 86.4 Å². The molecule has 0 aliphatic rings. The zero-order valence-electron chi connectivity index (χ0n) is 14.9. The van der Waals surface area contributed by atoms with Crippen molar-refractivity contribution in [2.24, 2.45) is 0 Å². The fraction of sp³-hybridized carbons (Fsp3) is 0.0476. The Balaban J connectivity index is 1.65. The Hall–Kier alpha value is -3.58. The Morgan fingerprint density at radius 3 is 2.61 bits per heavy atom. The van der Waals surface area contributed by atoms with Crippen LogP contribution in [0.15, 0.2) is 59.4 Å². The van der Waals surface area contributed by atoms with Gasteiger partial charge in [-0.05, 0) is 35.4 Å². The van der Waals surface area contributed by atoms with Crippen molar-refractivity contribution in [1.29, 1.82) is 0 Å². The molecule has 0 unspecified atom stereocenters. The van der Waals surface area contributed by atoms with Crippen molar-refractivity contribution in [3.63, 3.8) is 0 Å². The summed E-state index contributed by atoms with van der Waals surface area (Å²) in [5, 5.41) is 4.27. The number of thiazole rings is 1. The highest BCUT2D eigenvalue weighted by Gasteiger charge is 2.09. The average molecular weight is 389 g/mol. The van der Waals surface area contributed by atoms with E-state index in [0.717, 1.165) is 11.1 Å². The molecule has 4 rings (SSSR count). The van der Waals surface area contributed by atoms with E-state index in [9.17, 15) is 9.59 Å². The second-order valence-corrected chi connectivity index (χ2v) is 7.00. The molecule has 0 saturated heterocycles. The van der Waals surface area contributed by atoms with Crippen LogP contribution in [0.25, 0.3) is 23.2 Å². The molecule has 0 amide bonds. The average Bonchev–Trinajstić information content (AvgIpc) is 3.20. The summed E-state index contributed by atoms with van der Waals surface area (Å²) in [4.78, 5) is 28.6. The van der Waals surface area contributed by atoms with Crippen LogP contribution in [0.2, 0.25) is 0 Å². The first-order valence-corrected chi connectivity index (χ1v) is 9.33. The van der Waals surface area contributed by atoms with Gasteiger partial charge in [0.25, 0.3) is 5.56 Å². The fourth-order valence-corrected chi connectivity index (χ4v) is 3.55. The van der Waals surface area contributed by atoms with Crippen molar-refractivity contribution < 1.29 is 9.53 Å². The Morgan fingerprint density at radius 1 is 1.07 bits per heavy atom. The zero-order chi connectivity index (χ0) is 19.5. The Kier molecular flexibility index (Phi) is 4.82. The zero-order valence-corrected chi connectivity index (χ0v) is 15.7. The molecular weight excluding hydrogens is 374 g/mol. The molecule has 2 aromatic heterocycles. The van der Waals surface area contributed by atoms with Crippen LogP contribution >= 0.6 is 11.3 Å². The molecule has 2 heterocycles.